The largest absolute Gasteiger partial charge is 0.497 e. The Morgan fingerprint density at radius 2 is 1.77 bits per heavy atom. The van der Waals surface area contributed by atoms with Gasteiger partial charge in [0.1, 0.15) is 11.5 Å². The van der Waals surface area contributed by atoms with Crippen LogP contribution in [0.1, 0.15) is 6.92 Å². The topological polar surface area (TPSA) is 65.4 Å². The summed E-state index contributed by atoms with van der Waals surface area (Å²) in [5.41, 5.74) is 3.48. The second kappa shape index (κ2) is 9.57. The van der Waals surface area contributed by atoms with E-state index in [1.807, 2.05) is 79.7 Å². The molecule has 1 aromatic heterocycles. The summed E-state index contributed by atoms with van der Waals surface area (Å²) in [6.45, 7) is 2.45. The number of nitrogens with one attached hydrogen (secondary N) is 1. The normalized spacial score (nSPS) is 10.8. The van der Waals surface area contributed by atoms with Crippen molar-refractivity contribution in [2.75, 3.05) is 24.8 Å². The van der Waals surface area contributed by atoms with Crippen LogP contribution in [0.3, 0.4) is 0 Å². The number of carbonyl (C=O) groups excluding carboxylic acids is 1. The molecule has 1 amide bonds. The lowest BCUT2D eigenvalue weighted by Gasteiger charge is -2.12. The second-order valence-electron chi connectivity index (χ2n) is 6.68. The van der Waals surface area contributed by atoms with Gasteiger partial charge >= 0.3 is 0 Å². The molecule has 0 unspecified atom stereocenters. The van der Waals surface area contributed by atoms with Gasteiger partial charge in [-0.15, -0.1) is 0 Å². The van der Waals surface area contributed by atoms with Gasteiger partial charge in [0.05, 0.1) is 36.2 Å². The summed E-state index contributed by atoms with van der Waals surface area (Å²) in [6, 6.07) is 23.1. The number of benzene rings is 3. The van der Waals surface area contributed by atoms with Gasteiger partial charge in [-0.25, -0.2) is 4.98 Å². The van der Waals surface area contributed by atoms with Crippen LogP contribution in [0.5, 0.6) is 11.5 Å². The fraction of sp³-hybridized carbons (Fsp3) is 0.167. The molecule has 0 saturated heterocycles. The number of rotatable bonds is 8. The number of imidazole rings is 1. The number of nitrogens with zero attached hydrogens (tertiary/aromatic N) is 2. The molecule has 4 rings (SSSR count). The first-order valence-electron chi connectivity index (χ1n) is 9.96. The van der Waals surface area contributed by atoms with Crippen LogP contribution in [0.15, 0.2) is 78.0 Å². The Kier molecular flexibility index (Phi) is 6.43. The third-order valence-corrected chi connectivity index (χ3v) is 5.59. The summed E-state index contributed by atoms with van der Waals surface area (Å²) >= 11 is 1.39. The lowest BCUT2D eigenvalue weighted by molar-refractivity contribution is -0.113. The van der Waals surface area contributed by atoms with E-state index >= 15 is 0 Å². The molecule has 3 aromatic carbocycles. The van der Waals surface area contributed by atoms with Crippen LogP contribution in [-0.4, -0.2) is 34.9 Å². The average Bonchev–Trinajstić information content (AvgIpc) is 3.18. The van der Waals surface area contributed by atoms with E-state index in [9.17, 15) is 4.79 Å². The maximum Gasteiger partial charge on any atom is 0.234 e. The Morgan fingerprint density at radius 1 is 1.03 bits per heavy atom. The molecule has 4 aromatic rings. The molecular formula is C24H23N3O3S. The number of aromatic nitrogens is 2. The number of methoxy groups -OCH3 is 1. The zero-order chi connectivity index (χ0) is 21.6. The van der Waals surface area contributed by atoms with Gasteiger partial charge in [-0.2, -0.15) is 0 Å². The highest BCUT2D eigenvalue weighted by Crippen LogP contribution is 2.29. The number of ether oxygens (including phenoxy) is 2. The fourth-order valence-electron chi connectivity index (χ4n) is 3.25. The highest BCUT2D eigenvalue weighted by molar-refractivity contribution is 7.99. The molecule has 0 aliphatic carbocycles. The summed E-state index contributed by atoms with van der Waals surface area (Å²) in [5, 5.41) is 3.68. The van der Waals surface area contributed by atoms with E-state index in [4.69, 9.17) is 14.5 Å². The molecule has 0 spiro atoms. The first kappa shape index (κ1) is 20.8. The molecule has 0 radical (unpaired) electrons. The number of amides is 1. The fourth-order valence-corrected chi connectivity index (χ4v) is 4.08. The van der Waals surface area contributed by atoms with Crippen molar-refractivity contribution in [2.45, 2.75) is 12.1 Å². The standard InChI is InChI=1S/C24H23N3O3S/c1-3-30-22-11-7-5-9-20(22)25-23(28)16-31-24-26-19-8-4-6-10-21(19)27(24)17-12-14-18(29-2)15-13-17/h4-15H,3,16H2,1-2H3,(H,25,28). The van der Waals surface area contributed by atoms with E-state index < -0.39 is 0 Å². The zero-order valence-corrected chi connectivity index (χ0v) is 18.2. The predicted molar refractivity (Wildman–Crippen MR) is 125 cm³/mol. The number of para-hydroxylation sites is 4. The second-order valence-corrected chi connectivity index (χ2v) is 7.63. The van der Waals surface area contributed by atoms with Crippen LogP contribution >= 0.6 is 11.8 Å². The summed E-state index contributed by atoms with van der Waals surface area (Å²) in [7, 11) is 1.64. The van der Waals surface area contributed by atoms with Crippen LogP contribution in [0, 0.1) is 0 Å². The molecule has 1 heterocycles. The minimum atomic E-state index is -0.120. The molecular weight excluding hydrogens is 410 g/mol. The highest BCUT2D eigenvalue weighted by atomic mass is 32.2. The average molecular weight is 434 g/mol. The predicted octanol–water partition coefficient (Wildman–Crippen LogP) is 5.16. The molecule has 0 fully saturated rings. The van der Waals surface area contributed by atoms with Crippen LogP contribution in [-0.2, 0) is 4.79 Å². The molecule has 0 atom stereocenters. The monoisotopic (exact) mass is 433 g/mol. The number of carbonyl (C=O) groups is 1. The quantitative estimate of drug-likeness (QED) is 0.389. The molecule has 6 nitrogen and oxygen atoms in total. The van der Waals surface area contributed by atoms with Crippen LogP contribution in [0.25, 0.3) is 16.7 Å². The molecule has 158 valence electrons. The van der Waals surface area contributed by atoms with E-state index in [-0.39, 0.29) is 11.7 Å². The Balaban J connectivity index is 1.56. The maximum absolute atomic E-state index is 12.6. The first-order valence-corrected chi connectivity index (χ1v) is 10.9. The van der Waals surface area contributed by atoms with Gasteiger partial charge in [0, 0.05) is 5.69 Å². The number of anilines is 1. The van der Waals surface area contributed by atoms with Crippen molar-refractivity contribution in [2.24, 2.45) is 0 Å². The van der Waals surface area contributed by atoms with Gasteiger partial charge in [-0.1, -0.05) is 36.0 Å². The summed E-state index contributed by atoms with van der Waals surface area (Å²) < 4.78 is 12.9. The number of hydrogen-bond acceptors (Lipinski definition) is 5. The van der Waals surface area contributed by atoms with Crippen LogP contribution in [0.4, 0.5) is 5.69 Å². The summed E-state index contributed by atoms with van der Waals surface area (Å²) in [5.74, 6) is 1.55. The van der Waals surface area contributed by atoms with Gasteiger partial charge in [0.2, 0.25) is 5.91 Å². The van der Waals surface area contributed by atoms with Gasteiger partial charge in [0.25, 0.3) is 0 Å². The van der Waals surface area contributed by atoms with Gasteiger partial charge in [0.15, 0.2) is 5.16 Å². The molecule has 1 N–H and O–H groups in total. The SMILES string of the molecule is CCOc1ccccc1NC(=O)CSc1nc2ccccc2n1-c1ccc(OC)cc1. The molecule has 0 aliphatic heterocycles. The van der Waals surface area contributed by atoms with E-state index in [1.165, 1.54) is 11.8 Å². The Morgan fingerprint density at radius 3 is 2.55 bits per heavy atom. The summed E-state index contributed by atoms with van der Waals surface area (Å²) in [6.07, 6.45) is 0. The van der Waals surface area contributed by atoms with E-state index in [0.717, 1.165) is 27.6 Å². The Bertz CT molecular complexity index is 1190. The van der Waals surface area contributed by atoms with Crippen molar-refractivity contribution in [3.63, 3.8) is 0 Å². The first-order chi connectivity index (χ1) is 15.2. The lowest BCUT2D eigenvalue weighted by Crippen LogP contribution is -2.15. The lowest BCUT2D eigenvalue weighted by atomic mass is 10.2. The molecule has 0 aliphatic rings. The van der Waals surface area contributed by atoms with Crippen molar-refractivity contribution in [1.29, 1.82) is 0 Å². The smallest absolute Gasteiger partial charge is 0.234 e. The minimum Gasteiger partial charge on any atom is -0.497 e. The number of thioether (sulfide) groups is 1. The van der Waals surface area contributed by atoms with Crippen molar-refractivity contribution in [3.05, 3.63) is 72.8 Å². The third kappa shape index (κ3) is 4.67. The van der Waals surface area contributed by atoms with Crippen molar-refractivity contribution >= 4 is 34.4 Å². The number of fused-ring (bicyclic) bond motifs is 1. The van der Waals surface area contributed by atoms with Gasteiger partial charge in [-0.05, 0) is 55.5 Å². The minimum absolute atomic E-state index is 0.120. The molecule has 0 saturated carbocycles. The van der Waals surface area contributed by atoms with Crippen LogP contribution in [0.2, 0.25) is 0 Å². The molecule has 7 heteroatoms. The Labute approximate surface area is 185 Å². The van der Waals surface area contributed by atoms with Crippen LogP contribution < -0.4 is 14.8 Å². The van der Waals surface area contributed by atoms with Crippen molar-refractivity contribution in [1.82, 2.24) is 9.55 Å². The molecule has 31 heavy (non-hydrogen) atoms. The van der Waals surface area contributed by atoms with Crippen molar-refractivity contribution < 1.29 is 14.3 Å². The third-order valence-electron chi connectivity index (χ3n) is 4.65. The van der Waals surface area contributed by atoms with E-state index in [2.05, 4.69) is 9.88 Å². The van der Waals surface area contributed by atoms with E-state index in [1.54, 1.807) is 7.11 Å². The van der Waals surface area contributed by atoms with Crippen molar-refractivity contribution in [3.8, 4) is 17.2 Å². The van der Waals surface area contributed by atoms with Gasteiger partial charge in [-0.3, -0.25) is 9.36 Å². The van der Waals surface area contributed by atoms with Gasteiger partial charge < -0.3 is 14.8 Å². The number of hydrogen-bond donors (Lipinski definition) is 1. The zero-order valence-electron chi connectivity index (χ0n) is 17.4. The Hall–Kier alpha value is -3.45. The molecule has 0 bridgehead atoms. The maximum atomic E-state index is 12.6. The summed E-state index contributed by atoms with van der Waals surface area (Å²) in [4.78, 5) is 17.4. The van der Waals surface area contributed by atoms with E-state index in [0.29, 0.717) is 18.0 Å². The highest BCUT2D eigenvalue weighted by Gasteiger charge is 2.15.